The summed E-state index contributed by atoms with van der Waals surface area (Å²) in [6.45, 7) is 3.90. The lowest BCUT2D eigenvalue weighted by Gasteiger charge is -2.07. The summed E-state index contributed by atoms with van der Waals surface area (Å²) in [6.07, 6.45) is 0.626. The number of sulfone groups is 1. The first-order valence-electron chi connectivity index (χ1n) is 9.39. The standard InChI is InChI=1S/C23H19N3O2S/c1-14-3-5-16(6-4-14)22-12-17-11-18(7-9-20(17)26-22)29(27,28)19-8-10-21-23(13-19)25-15(2)24-21/h3-11,13H,12H2,1-2H3,(H,24,25). The monoisotopic (exact) mass is 401 g/mol. The summed E-state index contributed by atoms with van der Waals surface area (Å²) < 4.78 is 26.4. The molecule has 144 valence electrons. The molecule has 1 aliphatic rings. The summed E-state index contributed by atoms with van der Waals surface area (Å²) in [5, 5.41) is 0. The van der Waals surface area contributed by atoms with Gasteiger partial charge in [-0.25, -0.2) is 13.4 Å². The molecule has 0 aliphatic carbocycles. The van der Waals surface area contributed by atoms with E-state index in [0.717, 1.165) is 39.4 Å². The highest BCUT2D eigenvalue weighted by atomic mass is 32.2. The second kappa shape index (κ2) is 6.39. The molecule has 0 saturated heterocycles. The van der Waals surface area contributed by atoms with Gasteiger partial charge in [0.05, 0.1) is 32.2 Å². The van der Waals surface area contributed by atoms with E-state index in [-0.39, 0.29) is 9.79 Å². The van der Waals surface area contributed by atoms with E-state index in [9.17, 15) is 8.42 Å². The van der Waals surface area contributed by atoms with Gasteiger partial charge in [-0.3, -0.25) is 4.99 Å². The van der Waals surface area contributed by atoms with E-state index in [0.29, 0.717) is 6.42 Å². The summed E-state index contributed by atoms with van der Waals surface area (Å²) in [5.41, 5.74) is 6.46. The molecule has 0 unspecified atom stereocenters. The van der Waals surface area contributed by atoms with Crippen LogP contribution in [-0.2, 0) is 16.3 Å². The minimum atomic E-state index is -3.63. The second-order valence-corrected chi connectivity index (χ2v) is 9.35. The van der Waals surface area contributed by atoms with Gasteiger partial charge in [0.2, 0.25) is 9.84 Å². The average molecular weight is 401 g/mol. The molecular formula is C23H19N3O2S. The summed E-state index contributed by atoms with van der Waals surface area (Å²) in [4.78, 5) is 12.7. The summed E-state index contributed by atoms with van der Waals surface area (Å²) in [5.74, 6) is 0.757. The van der Waals surface area contributed by atoms with Crippen LogP contribution in [0.4, 0.5) is 5.69 Å². The minimum absolute atomic E-state index is 0.256. The highest BCUT2D eigenvalue weighted by Crippen LogP contribution is 2.33. The molecule has 0 radical (unpaired) electrons. The van der Waals surface area contributed by atoms with E-state index < -0.39 is 9.84 Å². The van der Waals surface area contributed by atoms with Gasteiger partial charge in [-0.05, 0) is 61.4 Å². The Labute approximate surface area is 169 Å². The summed E-state index contributed by atoms with van der Waals surface area (Å²) in [6, 6.07) is 18.4. The van der Waals surface area contributed by atoms with E-state index in [1.54, 1.807) is 36.4 Å². The number of hydrogen-bond donors (Lipinski definition) is 1. The van der Waals surface area contributed by atoms with E-state index >= 15 is 0 Å². The van der Waals surface area contributed by atoms with Gasteiger partial charge in [-0.15, -0.1) is 0 Å². The van der Waals surface area contributed by atoms with Crippen molar-refractivity contribution in [2.45, 2.75) is 30.1 Å². The van der Waals surface area contributed by atoms with Crippen molar-refractivity contribution in [1.82, 2.24) is 9.97 Å². The number of aromatic nitrogens is 2. The number of H-pyrrole nitrogens is 1. The van der Waals surface area contributed by atoms with Gasteiger partial charge < -0.3 is 4.98 Å². The quantitative estimate of drug-likeness (QED) is 0.541. The largest absolute Gasteiger partial charge is 0.342 e. The lowest BCUT2D eigenvalue weighted by molar-refractivity contribution is 0.596. The molecule has 1 aromatic heterocycles. The number of aryl methyl sites for hydroxylation is 2. The zero-order valence-electron chi connectivity index (χ0n) is 16.1. The molecule has 0 spiro atoms. The van der Waals surface area contributed by atoms with Crippen LogP contribution in [0.25, 0.3) is 11.0 Å². The molecule has 0 atom stereocenters. The molecule has 0 saturated carbocycles. The molecule has 2 heterocycles. The molecule has 5 rings (SSSR count). The highest BCUT2D eigenvalue weighted by molar-refractivity contribution is 7.91. The van der Waals surface area contributed by atoms with Crippen LogP contribution in [-0.4, -0.2) is 24.1 Å². The first kappa shape index (κ1) is 17.8. The van der Waals surface area contributed by atoms with E-state index in [2.05, 4.69) is 34.2 Å². The molecule has 1 N–H and O–H groups in total. The van der Waals surface area contributed by atoms with Gasteiger partial charge in [0.1, 0.15) is 5.82 Å². The summed E-state index contributed by atoms with van der Waals surface area (Å²) in [7, 11) is -3.63. The zero-order valence-corrected chi connectivity index (χ0v) is 16.9. The number of nitrogens with zero attached hydrogens (tertiary/aromatic N) is 2. The molecule has 0 amide bonds. The van der Waals surface area contributed by atoms with Crippen molar-refractivity contribution in [3.63, 3.8) is 0 Å². The van der Waals surface area contributed by atoms with Crippen LogP contribution in [0.3, 0.4) is 0 Å². The Kier molecular flexibility index (Phi) is 3.93. The maximum Gasteiger partial charge on any atom is 0.206 e. The number of imidazole rings is 1. The first-order valence-corrected chi connectivity index (χ1v) is 10.9. The molecule has 0 bridgehead atoms. The van der Waals surface area contributed by atoms with Gasteiger partial charge in [0.15, 0.2) is 0 Å². The van der Waals surface area contributed by atoms with Crippen LogP contribution in [0.2, 0.25) is 0 Å². The maximum absolute atomic E-state index is 13.2. The molecular weight excluding hydrogens is 382 g/mol. The Bertz CT molecular complexity index is 1400. The zero-order chi connectivity index (χ0) is 20.2. The van der Waals surface area contributed by atoms with E-state index in [1.165, 1.54) is 5.56 Å². The smallest absolute Gasteiger partial charge is 0.206 e. The Balaban J connectivity index is 1.49. The second-order valence-electron chi connectivity index (χ2n) is 7.40. The van der Waals surface area contributed by atoms with E-state index in [4.69, 9.17) is 4.99 Å². The average Bonchev–Trinajstić information content (AvgIpc) is 3.29. The maximum atomic E-state index is 13.2. The molecule has 6 heteroatoms. The Hall–Kier alpha value is -3.25. The Morgan fingerprint density at radius 2 is 1.62 bits per heavy atom. The van der Waals surface area contributed by atoms with Crippen molar-refractivity contribution < 1.29 is 8.42 Å². The fourth-order valence-electron chi connectivity index (χ4n) is 3.68. The third-order valence-electron chi connectivity index (χ3n) is 5.24. The van der Waals surface area contributed by atoms with Gasteiger partial charge in [0.25, 0.3) is 0 Å². The van der Waals surface area contributed by atoms with Crippen LogP contribution >= 0.6 is 0 Å². The number of nitrogens with one attached hydrogen (secondary N) is 1. The van der Waals surface area contributed by atoms with Crippen molar-refractivity contribution in [2.24, 2.45) is 4.99 Å². The number of aliphatic imine (C=N–C) groups is 1. The van der Waals surface area contributed by atoms with Crippen LogP contribution in [0.5, 0.6) is 0 Å². The van der Waals surface area contributed by atoms with Crippen molar-refractivity contribution in [3.05, 3.63) is 83.2 Å². The molecule has 0 fully saturated rings. The first-order chi connectivity index (χ1) is 13.9. The highest BCUT2D eigenvalue weighted by Gasteiger charge is 2.23. The van der Waals surface area contributed by atoms with Crippen molar-refractivity contribution in [1.29, 1.82) is 0 Å². The molecule has 5 nitrogen and oxygen atoms in total. The third-order valence-corrected chi connectivity index (χ3v) is 6.99. The SMILES string of the molecule is Cc1ccc(C2=Nc3ccc(S(=O)(=O)c4ccc5nc(C)[nH]c5c4)cc3C2)cc1. The predicted molar refractivity (Wildman–Crippen MR) is 114 cm³/mol. The molecule has 1 aliphatic heterocycles. The van der Waals surface area contributed by atoms with Gasteiger partial charge in [-0.2, -0.15) is 0 Å². The van der Waals surface area contributed by atoms with E-state index in [1.807, 2.05) is 13.8 Å². The van der Waals surface area contributed by atoms with Gasteiger partial charge >= 0.3 is 0 Å². The fourth-order valence-corrected chi connectivity index (χ4v) is 5.01. The fraction of sp³-hybridized carbons (Fsp3) is 0.130. The normalized spacial score (nSPS) is 13.5. The van der Waals surface area contributed by atoms with Crippen molar-refractivity contribution in [2.75, 3.05) is 0 Å². The van der Waals surface area contributed by atoms with Crippen molar-refractivity contribution in [3.8, 4) is 0 Å². The van der Waals surface area contributed by atoms with Gasteiger partial charge in [-0.1, -0.05) is 29.8 Å². The number of rotatable bonds is 3. The predicted octanol–water partition coefficient (Wildman–Crippen LogP) is 4.69. The molecule has 4 aromatic rings. The van der Waals surface area contributed by atoms with Crippen LogP contribution < -0.4 is 0 Å². The Morgan fingerprint density at radius 1 is 0.897 bits per heavy atom. The third kappa shape index (κ3) is 3.06. The number of benzene rings is 3. The van der Waals surface area contributed by atoms with Gasteiger partial charge in [0, 0.05) is 6.42 Å². The Morgan fingerprint density at radius 3 is 2.41 bits per heavy atom. The number of aromatic amines is 1. The minimum Gasteiger partial charge on any atom is -0.342 e. The van der Waals surface area contributed by atoms with Crippen LogP contribution in [0.15, 0.2) is 75.4 Å². The summed E-state index contributed by atoms with van der Waals surface area (Å²) >= 11 is 0. The lowest BCUT2D eigenvalue weighted by atomic mass is 10.0. The van der Waals surface area contributed by atoms with Crippen molar-refractivity contribution >= 4 is 32.3 Å². The topological polar surface area (TPSA) is 75.2 Å². The molecule has 29 heavy (non-hydrogen) atoms. The van der Waals surface area contributed by atoms with Crippen LogP contribution in [0, 0.1) is 13.8 Å². The molecule has 3 aromatic carbocycles. The number of hydrogen-bond acceptors (Lipinski definition) is 4. The number of fused-ring (bicyclic) bond motifs is 2. The lowest BCUT2D eigenvalue weighted by Crippen LogP contribution is -2.03. The van der Waals surface area contributed by atoms with Crippen LogP contribution in [0.1, 0.15) is 22.5 Å².